The van der Waals surface area contributed by atoms with E-state index in [0.717, 1.165) is 0 Å². The van der Waals surface area contributed by atoms with Crippen molar-refractivity contribution in [1.29, 1.82) is 0 Å². The third-order valence-electron chi connectivity index (χ3n) is 3.60. The predicted molar refractivity (Wildman–Crippen MR) is 83.4 cm³/mol. The van der Waals surface area contributed by atoms with Gasteiger partial charge in [0.15, 0.2) is 11.6 Å². The first-order chi connectivity index (χ1) is 10.4. The van der Waals surface area contributed by atoms with E-state index < -0.39 is 11.4 Å². The standard InChI is InChI=1S/C16H25FN2O3/c1-4-16(21,5-2)11-18-15(20)19-12(3)10-22-14-9-7-6-8-13(14)17/h6-9,12,21H,4-5,10-11H2,1-3H3,(H2,18,19,20). The second kappa shape index (κ2) is 8.58. The summed E-state index contributed by atoms with van der Waals surface area (Å²) >= 11 is 0. The average molecular weight is 312 g/mol. The molecule has 1 aromatic carbocycles. The summed E-state index contributed by atoms with van der Waals surface area (Å²) < 4.78 is 18.7. The minimum absolute atomic E-state index is 0.153. The molecule has 0 radical (unpaired) electrons. The average Bonchev–Trinajstić information content (AvgIpc) is 2.52. The number of benzene rings is 1. The summed E-state index contributed by atoms with van der Waals surface area (Å²) in [5.41, 5.74) is -0.885. The molecule has 5 nitrogen and oxygen atoms in total. The van der Waals surface area contributed by atoms with Gasteiger partial charge in [-0.1, -0.05) is 26.0 Å². The van der Waals surface area contributed by atoms with Crippen LogP contribution < -0.4 is 15.4 Å². The lowest BCUT2D eigenvalue weighted by Gasteiger charge is -2.26. The van der Waals surface area contributed by atoms with Gasteiger partial charge in [0.2, 0.25) is 0 Å². The quantitative estimate of drug-likeness (QED) is 0.690. The fourth-order valence-electron chi connectivity index (χ4n) is 1.84. The predicted octanol–water partition coefficient (Wildman–Crippen LogP) is 2.44. The Morgan fingerprint density at radius 3 is 2.59 bits per heavy atom. The summed E-state index contributed by atoms with van der Waals surface area (Å²) in [6, 6.07) is 5.43. The molecule has 1 aromatic rings. The van der Waals surface area contributed by atoms with Crippen LogP contribution in [0.1, 0.15) is 33.6 Å². The SMILES string of the molecule is CCC(O)(CC)CNC(=O)NC(C)COc1ccccc1F. The smallest absolute Gasteiger partial charge is 0.315 e. The van der Waals surface area contributed by atoms with Crippen LogP contribution in [0, 0.1) is 5.82 Å². The Morgan fingerprint density at radius 1 is 1.36 bits per heavy atom. The van der Waals surface area contributed by atoms with Crippen LogP contribution in [0.4, 0.5) is 9.18 Å². The van der Waals surface area contributed by atoms with E-state index in [1.165, 1.54) is 12.1 Å². The van der Waals surface area contributed by atoms with Gasteiger partial charge in [-0.25, -0.2) is 9.18 Å². The van der Waals surface area contributed by atoms with E-state index in [4.69, 9.17) is 4.74 Å². The molecule has 0 aliphatic heterocycles. The van der Waals surface area contributed by atoms with Crippen molar-refractivity contribution < 1.29 is 19.0 Å². The van der Waals surface area contributed by atoms with Crippen LogP contribution >= 0.6 is 0 Å². The molecular weight excluding hydrogens is 287 g/mol. The summed E-state index contributed by atoms with van der Waals surface area (Å²) in [5.74, 6) is -0.280. The van der Waals surface area contributed by atoms with E-state index in [9.17, 15) is 14.3 Å². The zero-order valence-corrected chi connectivity index (χ0v) is 13.4. The maximum atomic E-state index is 13.4. The molecule has 1 atom stereocenters. The number of rotatable bonds is 8. The maximum absolute atomic E-state index is 13.4. The molecule has 0 aromatic heterocycles. The van der Waals surface area contributed by atoms with Crippen LogP contribution in [0.5, 0.6) is 5.75 Å². The molecule has 0 saturated heterocycles. The van der Waals surface area contributed by atoms with Crippen LogP contribution in [-0.4, -0.2) is 35.9 Å². The zero-order valence-electron chi connectivity index (χ0n) is 13.4. The highest BCUT2D eigenvalue weighted by Crippen LogP contribution is 2.15. The van der Waals surface area contributed by atoms with E-state index in [2.05, 4.69) is 10.6 Å². The Morgan fingerprint density at radius 2 is 2.00 bits per heavy atom. The summed E-state index contributed by atoms with van der Waals surface area (Å²) in [4.78, 5) is 11.7. The van der Waals surface area contributed by atoms with Gasteiger partial charge in [0.25, 0.3) is 0 Å². The van der Waals surface area contributed by atoms with Crippen molar-refractivity contribution in [2.75, 3.05) is 13.2 Å². The Hall–Kier alpha value is -1.82. The summed E-state index contributed by atoms with van der Waals surface area (Å²) in [6.45, 7) is 5.83. The van der Waals surface area contributed by atoms with Crippen molar-refractivity contribution in [3.8, 4) is 5.75 Å². The molecule has 0 aliphatic carbocycles. The van der Waals surface area contributed by atoms with Crippen molar-refractivity contribution >= 4 is 6.03 Å². The first-order valence-corrected chi connectivity index (χ1v) is 7.54. The van der Waals surface area contributed by atoms with E-state index in [0.29, 0.717) is 12.8 Å². The van der Waals surface area contributed by atoms with Crippen LogP contribution in [0.25, 0.3) is 0 Å². The minimum atomic E-state index is -0.885. The number of halogens is 1. The molecular formula is C16H25FN2O3. The lowest BCUT2D eigenvalue weighted by atomic mass is 9.98. The number of amides is 2. The number of urea groups is 1. The zero-order chi connectivity index (χ0) is 16.6. The monoisotopic (exact) mass is 312 g/mol. The molecule has 22 heavy (non-hydrogen) atoms. The summed E-state index contributed by atoms with van der Waals surface area (Å²) in [7, 11) is 0. The molecule has 1 rings (SSSR count). The van der Waals surface area contributed by atoms with Gasteiger partial charge in [0.05, 0.1) is 11.6 Å². The van der Waals surface area contributed by atoms with Crippen LogP contribution in [0.15, 0.2) is 24.3 Å². The molecule has 0 aliphatic rings. The second-order valence-corrected chi connectivity index (χ2v) is 5.40. The lowest BCUT2D eigenvalue weighted by molar-refractivity contribution is 0.0348. The molecule has 0 bridgehead atoms. The maximum Gasteiger partial charge on any atom is 0.315 e. The van der Waals surface area contributed by atoms with Crippen molar-refractivity contribution in [3.63, 3.8) is 0 Å². The molecule has 0 fully saturated rings. The highest BCUT2D eigenvalue weighted by molar-refractivity contribution is 5.74. The van der Waals surface area contributed by atoms with E-state index >= 15 is 0 Å². The van der Waals surface area contributed by atoms with Crippen LogP contribution in [-0.2, 0) is 0 Å². The van der Waals surface area contributed by atoms with Gasteiger partial charge < -0.3 is 20.5 Å². The van der Waals surface area contributed by atoms with E-state index in [1.54, 1.807) is 19.1 Å². The molecule has 3 N–H and O–H groups in total. The molecule has 0 saturated carbocycles. The fraction of sp³-hybridized carbons (Fsp3) is 0.562. The number of hydrogen-bond acceptors (Lipinski definition) is 3. The number of aliphatic hydroxyl groups is 1. The largest absolute Gasteiger partial charge is 0.488 e. The molecule has 124 valence electrons. The number of carbonyl (C=O) groups excluding carboxylic acids is 1. The number of ether oxygens (including phenoxy) is 1. The summed E-state index contributed by atoms with van der Waals surface area (Å²) in [5, 5.41) is 15.4. The Balaban J connectivity index is 2.34. The van der Waals surface area contributed by atoms with Gasteiger partial charge in [-0.15, -0.1) is 0 Å². The van der Waals surface area contributed by atoms with Gasteiger partial charge in [-0.2, -0.15) is 0 Å². The number of para-hydroxylation sites is 1. The number of carbonyl (C=O) groups is 1. The molecule has 6 heteroatoms. The van der Waals surface area contributed by atoms with E-state index in [1.807, 2.05) is 13.8 Å². The molecule has 1 unspecified atom stereocenters. The lowest BCUT2D eigenvalue weighted by Crippen LogP contribution is -2.48. The van der Waals surface area contributed by atoms with Crippen molar-refractivity contribution in [3.05, 3.63) is 30.1 Å². The molecule has 0 heterocycles. The number of nitrogens with one attached hydrogen (secondary N) is 2. The first kappa shape index (κ1) is 18.2. The third-order valence-corrected chi connectivity index (χ3v) is 3.60. The highest BCUT2D eigenvalue weighted by atomic mass is 19.1. The third kappa shape index (κ3) is 5.89. The molecule has 0 spiro atoms. The van der Waals surface area contributed by atoms with Crippen LogP contribution in [0.2, 0.25) is 0 Å². The molecule has 2 amide bonds. The normalized spacial score (nSPS) is 12.6. The fourth-order valence-corrected chi connectivity index (χ4v) is 1.84. The minimum Gasteiger partial charge on any atom is -0.488 e. The summed E-state index contributed by atoms with van der Waals surface area (Å²) in [6.07, 6.45) is 1.13. The first-order valence-electron chi connectivity index (χ1n) is 7.54. The van der Waals surface area contributed by atoms with E-state index in [-0.39, 0.29) is 31.0 Å². The Labute approximate surface area is 130 Å². The van der Waals surface area contributed by atoms with Gasteiger partial charge in [0.1, 0.15) is 6.61 Å². The van der Waals surface area contributed by atoms with Crippen molar-refractivity contribution in [2.24, 2.45) is 0 Å². The van der Waals surface area contributed by atoms with Gasteiger partial charge >= 0.3 is 6.03 Å². The van der Waals surface area contributed by atoms with Gasteiger partial charge in [0, 0.05) is 6.54 Å². The van der Waals surface area contributed by atoms with Gasteiger partial charge in [-0.3, -0.25) is 0 Å². The topological polar surface area (TPSA) is 70.6 Å². The van der Waals surface area contributed by atoms with Crippen molar-refractivity contribution in [1.82, 2.24) is 10.6 Å². The van der Waals surface area contributed by atoms with Crippen LogP contribution in [0.3, 0.4) is 0 Å². The van der Waals surface area contributed by atoms with Gasteiger partial charge in [-0.05, 0) is 31.9 Å². The highest BCUT2D eigenvalue weighted by Gasteiger charge is 2.23. The Kier molecular flexibility index (Phi) is 7.11. The second-order valence-electron chi connectivity index (χ2n) is 5.40. The Bertz CT molecular complexity index is 478. The van der Waals surface area contributed by atoms with Crippen molar-refractivity contribution in [2.45, 2.75) is 45.3 Å². The number of hydrogen-bond donors (Lipinski definition) is 3.